The number of aliphatic carboxylic acids is 1. The second-order valence-corrected chi connectivity index (χ2v) is 6.84. The van der Waals surface area contributed by atoms with Gasteiger partial charge in [0.1, 0.15) is 0 Å². The number of ether oxygens (including phenoxy) is 2. The van der Waals surface area contributed by atoms with E-state index < -0.39 is 5.97 Å². The summed E-state index contributed by atoms with van der Waals surface area (Å²) in [5.74, 6) is 0.188. The Labute approximate surface area is 147 Å². The van der Waals surface area contributed by atoms with Crippen molar-refractivity contribution in [3.63, 3.8) is 0 Å². The third-order valence-corrected chi connectivity index (χ3v) is 4.43. The summed E-state index contributed by atoms with van der Waals surface area (Å²) in [5, 5.41) is 11.3. The van der Waals surface area contributed by atoms with Gasteiger partial charge in [0.05, 0.1) is 23.3 Å². The van der Waals surface area contributed by atoms with Crippen molar-refractivity contribution in [2.75, 3.05) is 7.11 Å². The largest absolute Gasteiger partial charge is 0.493 e. The van der Waals surface area contributed by atoms with E-state index in [1.165, 1.54) is 11.3 Å². The molecule has 0 amide bonds. The van der Waals surface area contributed by atoms with Crippen molar-refractivity contribution in [2.45, 2.75) is 20.0 Å². The normalized spacial score (nSPS) is 11.6. The van der Waals surface area contributed by atoms with Gasteiger partial charge in [-0.15, -0.1) is 11.3 Å². The van der Waals surface area contributed by atoms with Crippen LogP contribution in [0.5, 0.6) is 11.5 Å². The predicted molar refractivity (Wildman–Crippen MR) is 96.3 cm³/mol. The molecule has 0 fully saturated rings. The highest BCUT2D eigenvalue weighted by molar-refractivity contribution is 9.10. The van der Waals surface area contributed by atoms with Crippen LogP contribution < -0.4 is 9.47 Å². The zero-order valence-corrected chi connectivity index (χ0v) is 15.4. The lowest BCUT2D eigenvalue weighted by Gasteiger charge is -2.16. The van der Waals surface area contributed by atoms with Gasteiger partial charge in [-0.1, -0.05) is 6.07 Å². The summed E-state index contributed by atoms with van der Waals surface area (Å²) in [4.78, 5) is 12.2. The SMILES string of the molecule is COc1cc(/C=C(/C(=O)O)c2cccs2)cc(Br)c1OC(C)C. The molecule has 0 radical (unpaired) electrons. The Kier molecular flexibility index (Phi) is 5.85. The number of benzene rings is 1. The van der Waals surface area contributed by atoms with E-state index in [0.29, 0.717) is 20.8 Å². The van der Waals surface area contributed by atoms with Gasteiger partial charge < -0.3 is 14.6 Å². The topological polar surface area (TPSA) is 55.8 Å². The maximum absolute atomic E-state index is 11.5. The fraction of sp³-hybridized carbons (Fsp3) is 0.235. The quantitative estimate of drug-likeness (QED) is 0.703. The van der Waals surface area contributed by atoms with E-state index in [-0.39, 0.29) is 11.7 Å². The lowest BCUT2D eigenvalue weighted by atomic mass is 10.1. The molecule has 0 unspecified atom stereocenters. The molecule has 1 N–H and O–H groups in total. The molecular weight excluding hydrogens is 380 g/mol. The molecule has 0 saturated heterocycles. The summed E-state index contributed by atoms with van der Waals surface area (Å²) < 4.78 is 11.8. The Bertz CT molecular complexity index is 720. The molecule has 0 atom stereocenters. The number of carboxylic acids is 1. The molecule has 23 heavy (non-hydrogen) atoms. The first-order chi connectivity index (χ1) is 10.9. The second kappa shape index (κ2) is 7.66. The van der Waals surface area contributed by atoms with Crippen LogP contribution in [0.4, 0.5) is 0 Å². The van der Waals surface area contributed by atoms with E-state index in [4.69, 9.17) is 9.47 Å². The Morgan fingerprint density at radius 1 is 1.39 bits per heavy atom. The molecule has 122 valence electrons. The third kappa shape index (κ3) is 4.36. The average Bonchev–Trinajstić information content (AvgIpc) is 3.00. The minimum absolute atomic E-state index is 0.00212. The number of carboxylic acid groups (broad SMARTS) is 1. The molecule has 0 spiro atoms. The molecule has 1 aromatic heterocycles. The van der Waals surface area contributed by atoms with E-state index in [1.807, 2.05) is 31.4 Å². The molecule has 6 heteroatoms. The van der Waals surface area contributed by atoms with Crippen molar-refractivity contribution in [3.8, 4) is 11.5 Å². The number of hydrogen-bond donors (Lipinski definition) is 1. The molecule has 2 aromatic rings. The standard InChI is InChI=1S/C17H17BrO4S/c1-10(2)22-16-13(18)8-11(9-14(16)21-3)7-12(17(19)20)15-5-4-6-23-15/h4-10H,1-3H3,(H,19,20)/b12-7+. The summed E-state index contributed by atoms with van der Waals surface area (Å²) in [6, 6.07) is 7.19. The van der Waals surface area contributed by atoms with Crippen molar-refractivity contribution in [1.29, 1.82) is 0 Å². The van der Waals surface area contributed by atoms with Crippen molar-refractivity contribution >= 4 is 44.9 Å². The van der Waals surface area contributed by atoms with Crippen LogP contribution in [-0.2, 0) is 4.79 Å². The lowest BCUT2D eigenvalue weighted by molar-refractivity contribution is -0.130. The molecule has 0 aliphatic heterocycles. The maximum Gasteiger partial charge on any atom is 0.337 e. The van der Waals surface area contributed by atoms with Gasteiger partial charge in [-0.05, 0) is 65.0 Å². The Hall–Kier alpha value is -1.79. The number of thiophene rings is 1. The smallest absolute Gasteiger partial charge is 0.337 e. The summed E-state index contributed by atoms with van der Waals surface area (Å²) in [5.41, 5.74) is 0.960. The highest BCUT2D eigenvalue weighted by Gasteiger charge is 2.15. The van der Waals surface area contributed by atoms with Crippen LogP contribution in [0.1, 0.15) is 24.3 Å². The average molecular weight is 397 g/mol. The number of halogens is 1. The maximum atomic E-state index is 11.5. The summed E-state index contributed by atoms with van der Waals surface area (Å²) in [6.45, 7) is 3.86. The molecule has 4 nitrogen and oxygen atoms in total. The first-order valence-corrected chi connectivity index (χ1v) is 8.62. The van der Waals surface area contributed by atoms with Gasteiger partial charge in [-0.25, -0.2) is 4.79 Å². The van der Waals surface area contributed by atoms with E-state index in [2.05, 4.69) is 15.9 Å². The molecular formula is C17H17BrO4S. The molecule has 0 bridgehead atoms. The van der Waals surface area contributed by atoms with Crippen LogP contribution in [0.15, 0.2) is 34.1 Å². The summed E-state index contributed by atoms with van der Waals surface area (Å²) in [7, 11) is 1.56. The molecule has 1 heterocycles. The van der Waals surface area contributed by atoms with Crippen LogP contribution in [-0.4, -0.2) is 24.3 Å². The van der Waals surface area contributed by atoms with Gasteiger partial charge >= 0.3 is 5.97 Å². The minimum Gasteiger partial charge on any atom is -0.493 e. The lowest BCUT2D eigenvalue weighted by Crippen LogP contribution is -2.07. The fourth-order valence-electron chi connectivity index (χ4n) is 2.01. The van der Waals surface area contributed by atoms with Crippen LogP contribution in [0.2, 0.25) is 0 Å². The van der Waals surface area contributed by atoms with Crippen molar-refractivity contribution in [1.82, 2.24) is 0 Å². The van der Waals surface area contributed by atoms with Crippen LogP contribution >= 0.6 is 27.3 Å². The summed E-state index contributed by atoms with van der Waals surface area (Å²) in [6.07, 6.45) is 1.63. The number of carbonyl (C=O) groups is 1. The molecule has 0 saturated carbocycles. The molecule has 0 aliphatic rings. The first-order valence-electron chi connectivity index (χ1n) is 6.95. The zero-order chi connectivity index (χ0) is 17.0. The van der Waals surface area contributed by atoms with Gasteiger partial charge in [0.25, 0.3) is 0 Å². The third-order valence-electron chi connectivity index (χ3n) is 2.93. The van der Waals surface area contributed by atoms with Gasteiger partial charge in [0.2, 0.25) is 0 Å². The summed E-state index contributed by atoms with van der Waals surface area (Å²) >= 11 is 4.85. The van der Waals surface area contributed by atoms with E-state index in [0.717, 1.165) is 5.56 Å². The Morgan fingerprint density at radius 3 is 2.65 bits per heavy atom. The van der Waals surface area contributed by atoms with Crippen LogP contribution in [0, 0.1) is 0 Å². The highest BCUT2D eigenvalue weighted by Crippen LogP contribution is 2.38. The second-order valence-electron chi connectivity index (χ2n) is 5.04. The van der Waals surface area contributed by atoms with E-state index >= 15 is 0 Å². The van der Waals surface area contributed by atoms with Gasteiger partial charge in [0, 0.05) is 4.88 Å². The van der Waals surface area contributed by atoms with E-state index in [9.17, 15) is 9.90 Å². The zero-order valence-electron chi connectivity index (χ0n) is 13.0. The minimum atomic E-state index is -0.968. The fourth-order valence-corrected chi connectivity index (χ4v) is 3.30. The van der Waals surface area contributed by atoms with Crippen molar-refractivity contribution in [3.05, 3.63) is 44.6 Å². The first kappa shape index (κ1) is 17.6. The van der Waals surface area contributed by atoms with Gasteiger partial charge in [0.15, 0.2) is 11.5 Å². The number of hydrogen-bond acceptors (Lipinski definition) is 4. The number of rotatable bonds is 6. The Balaban J connectivity index is 2.49. The van der Waals surface area contributed by atoms with Gasteiger partial charge in [-0.3, -0.25) is 0 Å². The van der Waals surface area contributed by atoms with Gasteiger partial charge in [-0.2, -0.15) is 0 Å². The monoisotopic (exact) mass is 396 g/mol. The van der Waals surface area contributed by atoms with Crippen molar-refractivity contribution < 1.29 is 19.4 Å². The molecule has 1 aromatic carbocycles. The predicted octanol–water partition coefficient (Wildman–Crippen LogP) is 4.93. The van der Waals surface area contributed by atoms with Crippen molar-refractivity contribution in [2.24, 2.45) is 0 Å². The molecule has 2 rings (SSSR count). The van der Waals surface area contributed by atoms with E-state index in [1.54, 1.807) is 25.3 Å². The number of methoxy groups -OCH3 is 1. The van der Waals surface area contributed by atoms with Crippen LogP contribution in [0.25, 0.3) is 11.6 Å². The molecule has 0 aliphatic carbocycles. The van der Waals surface area contributed by atoms with Crippen LogP contribution in [0.3, 0.4) is 0 Å². The highest BCUT2D eigenvalue weighted by atomic mass is 79.9. The Morgan fingerprint density at radius 2 is 2.13 bits per heavy atom.